The quantitative estimate of drug-likeness (QED) is 0.781. The fourth-order valence-corrected chi connectivity index (χ4v) is 2.68. The summed E-state index contributed by atoms with van der Waals surface area (Å²) in [5.41, 5.74) is 8.19. The van der Waals surface area contributed by atoms with Gasteiger partial charge >= 0.3 is 0 Å². The Morgan fingerprint density at radius 2 is 2.16 bits per heavy atom. The number of anilines is 1. The molecule has 3 rings (SSSR count). The lowest BCUT2D eigenvalue weighted by Gasteiger charge is -2.00. The Bertz CT molecular complexity index is 701. The van der Waals surface area contributed by atoms with E-state index in [-0.39, 0.29) is 5.82 Å². The zero-order chi connectivity index (χ0) is 13.4. The van der Waals surface area contributed by atoms with Gasteiger partial charge in [-0.1, -0.05) is 6.07 Å². The third-order valence-corrected chi connectivity index (χ3v) is 3.72. The lowest BCUT2D eigenvalue weighted by Crippen LogP contribution is -1.97. The molecule has 0 aliphatic rings. The Hall–Kier alpha value is -2.21. The number of rotatable bonds is 2. The number of aromatic nitrogens is 3. The predicted molar refractivity (Wildman–Crippen MR) is 74.1 cm³/mol. The maximum absolute atomic E-state index is 13.0. The fourth-order valence-electron chi connectivity index (χ4n) is 1.90. The van der Waals surface area contributed by atoms with Crippen LogP contribution in [-0.4, -0.2) is 14.8 Å². The first kappa shape index (κ1) is 11.9. The topological polar surface area (TPSA) is 56.7 Å². The van der Waals surface area contributed by atoms with E-state index in [1.54, 1.807) is 29.1 Å². The monoisotopic (exact) mass is 274 g/mol. The van der Waals surface area contributed by atoms with Crippen molar-refractivity contribution < 1.29 is 4.39 Å². The standard InChI is InChI=1S/C13H11FN4S/c1-18-13(15)11(10-3-2-6-19-10)12(17-18)9-5-4-8(14)7-16-9/h2-7H,15H2,1H3. The van der Waals surface area contributed by atoms with Crippen molar-refractivity contribution in [1.82, 2.24) is 14.8 Å². The van der Waals surface area contributed by atoms with E-state index in [1.165, 1.54) is 12.3 Å². The lowest BCUT2D eigenvalue weighted by molar-refractivity contribution is 0.621. The third-order valence-electron chi connectivity index (χ3n) is 2.83. The van der Waals surface area contributed by atoms with Crippen LogP contribution < -0.4 is 5.73 Å². The van der Waals surface area contributed by atoms with Crippen LogP contribution in [0.2, 0.25) is 0 Å². The molecule has 19 heavy (non-hydrogen) atoms. The molecule has 0 aliphatic heterocycles. The van der Waals surface area contributed by atoms with Crippen molar-refractivity contribution in [3.05, 3.63) is 41.7 Å². The van der Waals surface area contributed by atoms with Gasteiger partial charge in [0.15, 0.2) is 0 Å². The number of aryl methyl sites for hydroxylation is 1. The minimum absolute atomic E-state index is 0.370. The van der Waals surface area contributed by atoms with Crippen molar-refractivity contribution >= 4 is 17.2 Å². The summed E-state index contributed by atoms with van der Waals surface area (Å²) in [7, 11) is 1.78. The van der Waals surface area contributed by atoms with Gasteiger partial charge in [0.1, 0.15) is 17.3 Å². The molecule has 0 saturated carbocycles. The van der Waals surface area contributed by atoms with Crippen LogP contribution in [0.25, 0.3) is 21.8 Å². The maximum Gasteiger partial charge on any atom is 0.141 e. The minimum atomic E-state index is -0.370. The normalized spacial score (nSPS) is 10.8. The molecule has 0 amide bonds. The van der Waals surface area contributed by atoms with E-state index < -0.39 is 0 Å². The molecule has 3 aromatic rings. The molecule has 0 aromatic carbocycles. The van der Waals surface area contributed by atoms with Gasteiger partial charge in [-0.2, -0.15) is 5.10 Å². The average molecular weight is 274 g/mol. The second kappa shape index (κ2) is 4.47. The third kappa shape index (κ3) is 2.00. The zero-order valence-corrected chi connectivity index (χ0v) is 11.0. The summed E-state index contributed by atoms with van der Waals surface area (Å²) in [5, 5.41) is 6.36. The smallest absolute Gasteiger partial charge is 0.141 e. The largest absolute Gasteiger partial charge is 0.383 e. The number of nitrogens with two attached hydrogens (primary N) is 1. The van der Waals surface area contributed by atoms with E-state index >= 15 is 0 Å². The summed E-state index contributed by atoms with van der Waals surface area (Å²) >= 11 is 1.58. The molecule has 0 bridgehead atoms. The van der Waals surface area contributed by atoms with Gasteiger partial charge in [-0.25, -0.2) is 4.39 Å². The molecule has 3 aromatic heterocycles. The average Bonchev–Trinajstić information content (AvgIpc) is 3.00. The Balaban J connectivity index is 2.22. The first-order valence-electron chi connectivity index (χ1n) is 5.65. The Kier molecular flexibility index (Phi) is 2.79. The van der Waals surface area contributed by atoms with Crippen LogP contribution in [0.4, 0.5) is 10.2 Å². The summed E-state index contributed by atoms with van der Waals surface area (Å²) in [6.45, 7) is 0. The van der Waals surface area contributed by atoms with Crippen LogP contribution >= 0.6 is 11.3 Å². The van der Waals surface area contributed by atoms with Crippen molar-refractivity contribution in [3.63, 3.8) is 0 Å². The molecule has 0 atom stereocenters. The van der Waals surface area contributed by atoms with E-state index in [0.717, 1.165) is 10.4 Å². The first-order chi connectivity index (χ1) is 9.16. The SMILES string of the molecule is Cn1nc(-c2ccc(F)cn2)c(-c2cccs2)c1N. The van der Waals surface area contributed by atoms with E-state index in [4.69, 9.17) is 5.73 Å². The molecule has 0 aliphatic carbocycles. The number of halogens is 1. The molecule has 0 spiro atoms. The molecule has 0 radical (unpaired) electrons. The summed E-state index contributed by atoms with van der Waals surface area (Å²) in [4.78, 5) is 5.09. The van der Waals surface area contributed by atoms with Crippen LogP contribution in [0.15, 0.2) is 35.8 Å². The second-order valence-corrected chi connectivity index (χ2v) is 5.02. The van der Waals surface area contributed by atoms with Crippen molar-refractivity contribution in [2.24, 2.45) is 7.05 Å². The summed E-state index contributed by atoms with van der Waals surface area (Å²) in [5.74, 6) is 0.203. The highest BCUT2D eigenvalue weighted by Crippen LogP contribution is 2.37. The van der Waals surface area contributed by atoms with Crippen molar-refractivity contribution in [2.75, 3.05) is 5.73 Å². The second-order valence-electron chi connectivity index (χ2n) is 4.07. The first-order valence-corrected chi connectivity index (χ1v) is 6.53. The van der Waals surface area contributed by atoms with Gasteiger partial charge in [-0.3, -0.25) is 9.67 Å². The lowest BCUT2D eigenvalue weighted by atomic mass is 10.1. The van der Waals surface area contributed by atoms with Crippen LogP contribution in [-0.2, 0) is 7.05 Å². The van der Waals surface area contributed by atoms with E-state index in [2.05, 4.69) is 10.1 Å². The van der Waals surface area contributed by atoms with Gasteiger partial charge in [-0.05, 0) is 23.6 Å². The predicted octanol–water partition coefficient (Wildman–Crippen LogP) is 2.93. The van der Waals surface area contributed by atoms with Gasteiger partial charge in [0.05, 0.1) is 17.5 Å². The molecular weight excluding hydrogens is 263 g/mol. The highest BCUT2D eigenvalue weighted by Gasteiger charge is 2.18. The number of nitrogen functional groups attached to an aromatic ring is 1. The van der Waals surface area contributed by atoms with E-state index in [9.17, 15) is 4.39 Å². The molecule has 0 unspecified atom stereocenters. The van der Waals surface area contributed by atoms with Gasteiger partial charge in [0.2, 0.25) is 0 Å². The number of thiophene rings is 1. The Morgan fingerprint density at radius 1 is 1.32 bits per heavy atom. The maximum atomic E-state index is 13.0. The minimum Gasteiger partial charge on any atom is -0.383 e. The van der Waals surface area contributed by atoms with Gasteiger partial charge < -0.3 is 5.73 Å². The Labute approximate surface area is 113 Å². The molecule has 3 heterocycles. The number of pyridine rings is 1. The van der Waals surface area contributed by atoms with Crippen molar-refractivity contribution in [3.8, 4) is 21.8 Å². The molecular formula is C13H11FN4S. The highest BCUT2D eigenvalue weighted by molar-refractivity contribution is 7.13. The van der Waals surface area contributed by atoms with Crippen molar-refractivity contribution in [1.29, 1.82) is 0 Å². The summed E-state index contributed by atoms with van der Waals surface area (Å²) < 4.78 is 14.6. The van der Waals surface area contributed by atoms with E-state index in [0.29, 0.717) is 17.2 Å². The van der Waals surface area contributed by atoms with Crippen LogP contribution in [0.1, 0.15) is 0 Å². The molecule has 2 N–H and O–H groups in total. The molecule has 4 nitrogen and oxygen atoms in total. The van der Waals surface area contributed by atoms with Crippen molar-refractivity contribution in [2.45, 2.75) is 0 Å². The van der Waals surface area contributed by atoms with Gasteiger partial charge in [0.25, 0.3) is 0 Å². The van der Waals surface area contributed by atoms with E-state index in [1.807, 2.05) is 17.5 Å². The van der Waals surface area contributed by atoms with Crippen LogP contribution in [0.5, 0.6) is 0 Å². The number of nitrogens with zero attached hydrogens (tertiary/aromatic N) is 3. The van der Waals surface area contributed by atoms with Crippen LogP contribution in [0.3, 0.4) is 0 Å². The van der Waals surface area contributed by atoms with Crippen LogP contribution in [0, 0.1) is 5.82 Å². The number of hydrogen-bond acceptors (Lipinski definition) is 4. The summed E-state index contributed by atoms with van der Waals surface area (Å²) in [6.07, 6.45) is 1.18. The molecule has 6 heteroatoms. The zero-order valence-electron chi connectivity index (χ0n) is 10.2. The van der Waals surface area contributed by atoms with Gasteiger partial charge in [0, 0.05) is 11.9 Å². The molecule has 0 saturated heterocycles. The number of hydrogen-bond donors (Lipinski definition) is 1. The molecule has 96 valence electrons. The summed E-state index contributed by atoms with van der Waals surface area (Å²) in [6, 6.07) is 6.90. The Morgan fingerprint density at radius 3 is 2.79 bits per heavy atom. The highest BCUT2D eigenvalue weighted by atomic mass is 32.1. The van der Waals surface area contributed by atoms with Gasteiger partial charge in [-0.15, -0.1) is 11.3 Å². The fraction of sp³-hybridized carbons (Fsp3) is 0.0769. The molecule has 0 fully saturated rings.